The summed E-state index contributed by atoms with van der Waals surface area (Å²) in [5.74, 6) is 0.436. The van der Waals surface area contributed by atoms with Crippen molar-refractivity contribution >= 4 is 30.8 Å². The van der Waals surface area contributed by atoms with Gasteiger partial charge in [-0.05, 0) is 59.1 Å². The van der Waals surface area contributed by atoms with Gasteiger partial charge < -0.3 is 29.1 Å². The summed E-state index contributed by atoms with van der Waals surface area (Å²) in [6, 6.07) is 36.7. The van der Waals surface area contributed by atoms with Gasteiger partial charge in [-0.3, -0.25) is 19.0 Å². The SMILES string of the molecule is COc1ccc([Si](C)(C)[C@H]2[C@H](CC(=O)N(CCO)Cc3ccccc3)O[C@@]3(C(=O)N(Cc4ccc(-n5cccc(OC)c5=O)cc4)c4ccccc43)[C@@H]2C)cc1. The zero-order valence-electron chi connectivity index (χ0n) is 32.6. The molecule has 290 valence electrons. The summed E-state index contributed by atoms with van der Waals surface area (Å²) in [4.78, 5) is 45.9. The van der Waals surface area contributed by atoms with Crippen LogP contribution in [0.3, 0.4) is 0 Å². The van der Waals surface area contributed by atoms with Crippen LogP contribution in [0, 0.1) is 5.92 Å². The predicted octanol–water partition coefficient (Wildman–Crippen LogP) is 6.03. The van der Waals surface area contributed by atoms with Crippen molar-refractivity contribution < 1.29 is 28.9 Å². The van der Waals surface area contributed by atoms with Crippen LogP contribution < -0.4 is 25.1 Å². The number of hydrogen-bond donors (Lipinski definition) is 1. The number of aliphatic hydroxyl groups is 1. The molecule has 3 heterocycles. The highest BCUT2D eigenvalue weighted by Crippen LogP contribution is 2.60. The van der Waals surface area contributed by atoms with E-state index in [-0.39, 0.29) is 60.7 Å². The van der Waals surface area contributed by atoms with Crippen molar-refractivity contribution in [3.8, 4) is 17.2 Å². The summed E-state index contributed by atoms with van der Waals surface area (Å²) < 4.78 is 19.5. The maximum atomic E-state index is 15.2. The van der Waals surface area contributed by atoms with Gasteiger partial charge in [0.15, 0.2) is 11.4 Å². The molecule has 1 fully saturated rings. The Hall–Kier alpha value is -5.49. The lowest BCUT2D eigenvalue weighted by atomic mass is 9.82. The quantitative estimate of drug-likeness (QED) is 0.146. The van der Waals surface area contributed by atoms with Crippen LogP contribution in [-0.4, -0.2) is 67.9 Å². The standard InChI is InChI=1S/C45H49N3O7Si/c1-31-42(56(4,5)36-23-21-35(53-2)22-24-36)40(28-41(50)46(26-27-49)29-32-12-7-6-8-13-32)55-45(31)37-14-9-10-15-38(37)48(44(45)52)30-33-17-19-34(20-18-33)47-25-11-16-39(54-3)43(47)51/h6-25,31,40,42,49H,26-30H2,1-5H3/t31-,40+,42-,45+/m1/s1. The monoisotopic (exact) mass is 771 g/mol. The number of aliphatic hydroxyl groups excluding tert-OH is 1. The van der Waals surface area contributed by atoms with Gasteiger partial charge in [-0.15, -0.1) is 0 Å². The number of carbonyl (C=O) groups excluding carboxylic acids is 2. The Morgan fingerprint density at radius 3 is 2.23 bits per heavy atom. The smallest absolute Gasteiger partial charge is 0.297 e. The third-order valence-corrected chi connectivity index (χ3v) is 16.1. The van der Waals surface area contributed by atoms with Gasteiger partial charge in [0.05, 0.1) is 53.7 Å². The fraction of sp³-hybridized carbons (Fsp3) is 0.311. The van der Waals surface area contributed by atoms with Gasteiger partial charge in [-0.25, -0.2) is 0 Å². The first-order valence-corrected chi connectivity index (χ1v) is 22.1. The minimum atomic E-state index is -2.50. The van der Waals surface area contributed by atoms with E-state index in [0.29, 0.717) is 12.2 Å². The summed E-state index contributed by atoms with van der Waals surface area (Å²) in [5.41, 5.74) is 2.39. The molecule has 0 aliphatic carbocycles. The second-order valence-corrected chi connectivity index (χ2v) is 19.9. The molecule has 1 saturated heterocycles. The van der Waals surface area contributed by atoms with Crippen LogP contribution in [0.2, 0.25) is 18.6 Å². The topological polar surface area (TPSA) is 111 Å². The van der Waals surface area contributed by atoms with Crippen molar-refractivity contribution in [1.29, 1.82) is 0 Å². The number of fused-ring (bicyclic) bond motifs is 2. The molecular weight excluding hydrogens is 723 g/mol. The molecule has 5 aromatic rings. The number of pyridine rings is 1. The van der Waals surface area contributed by atoms with E-state index >= 15 is 4.79 Å². The van der Waals surface area contributed by atoms with Gasteiger partial charge in [0.1, 0.15) is 5.75 Å². The van der Waals surface area contributed by atoms with Gasteiger partial charge in [0, 0.05) is 36.5 Å². The molecule has 0 radical (unpaired) electrons. The Kier molecular flexibility index (Phi) is 11.0. The zero-order valence-corrected chi connectivity index (χ0v) is 33.6. The van der Waals surface area contributed by atoms with E-state index in [1.165, 1.54) is 16.9 Å². The average molecular weight is 772 g/mol. The molecule has 1 N–H and O–H groups in total. The largest absolute Gasteiger partial charge is 0.497 e. The Morgan fingerprint density at radius 2 is 1.55 bits per heavy atom. The number of nitrogens with zero attached hydrogens (tertiary/aromatic N) is 3. The third kappa shape index (κ3) is 6.95. The van der Waals surface area contributed by atoms with Crippen LogP contribution in [0.15, 0.2) is 126 Å². The Bertz CT molecular complexity index is 2240. The Balaban J connectivity index is 1.24. The molecular formula is C45H49N3O7Si. The van der Waals surface area contributed by atoms with E-state index in [2.05, 4.69) is 32.2 Å². The van der Waals surface area contributed by atoms with E-state index in [0.717, 1.165) is 28.1 Å². The zero-order chi connectivity index (χ0) is 39.6. The molecule has 11 heteroatoms. The summed E-state index contributed by atoms with van der Waals surface area (Å²) in [5, 5.41) is 11.2. The maximum absolute atomic E-state index is 15.2. The minimum Gasteiger partial charge on any atom is -0.497 e. The summed E-state index contributed by atoms with van der Waals surface area (Å²) >= 11 is 0. The number of anilines is 1. The molecule has 10 nitrogen and oxygen atoms in total. The van der Waals surface area contributed by atoms with Gasteiger partial charge in [0.2, 0.25) is 5.91 Å². The van der Waals surface area contributed by atoms with E-state index in [1.807, 2.05) is 91.0 Å². The highest BCUT2D eigenvalue weighted by Gasteiger charge is 2.66. The number of amides is 2. The van der Waals surface area contributed by atoms with Gasteiger partial charge in [0.25, 0.3) is 11.5 Å². The van der Waals surface area contributed by atoms with E-state index < -0.39 is 19.8 Å². The summed E-state index contributed by atoms with van der Waals surface area (Å²) in [6.07, 6.45) is 1.19. The molecule has 1 aromatic heterocycles. The predicted molar refractivity (Wildman–Crippen MR) is 219 cm³/mol. The highest BCUT2D eigenvalue weighted by molar-refractivity contribution is 6.91. The second-order valence-electron chi connectivity index (χ2n) is 15.2. The number of para-hydroxylation sites is 1. The fourth-order valence-corrected chi connectivity index (χ4v) is 12.9. The summed E-state index contributed by atoms with van der Waals surface area (Å²) in [7, 11) is 0.618. The number of rotatable bonds is 13. The normalized spacial score (nSPS) is 20.3. The third-order valence-electron chi connectivity index (χ3n) is 11.7. The first-order valence-electron chi connectivity index (χ1n) is 19.0. The Labute approximate surface area is 328 Å². The average Bonchev–Trinajstić information content (AvgIpc) is 3.64. The first kappa shape index (κ1) is 38.8. The van der Waals surface area contributed by atoms with Gasteiger partial charge >= 0.3 is 0 Å². The molecule has 7 rings (SSSR count). The van der Waals surface area contributed by atoms with Crippen molar-refractivity contribution in [2.24, 2.45) is 5.92 Å². The van der Waals surface area contributed by atoms with Crippen LogP contribution in [-0.2, 0) is 33.0 Å². The van der Waals surface area contributed by atoms with Crippen molar-refractivity contribution in [2.75, 3.05) is 32.3 Å². The molecule has 2 aliphatic heterocycles. The van der Waals surface area contributed by atoms with E-state index in [4.69, 9.17) is 14.2 Å². The van der Waals surface area contributed by atoms with E-state index in [9.17, 15) is 14.7 Å². The number of carbonyl (C=O) groups is 2. The molecule has 56 heavy (non-hydrogen) atoms. The van der Waals surface area contributed by atoms with Crippen molar-refractivity contribution in [2.45, 2.75) is 56.8 Å². The first-order chi connectivity index (χ1) is 27.0. The summed E-state index contributed by atoms with van der Waals surface area (Å²) in [6.45, 7) is 7.37. The van der Waals surface area contributed by atoms with Crippen LogP contribution in [0.1, 0.15) is 30.0 Å². The fourth-order valence-electron chi connectivity index (χ4n) is 8.92. The molecule has 0 saturated carbocycles. The molecule has 1 spiro atoms. The molecule has 0 unspecified atom stereocenters. The van der Waals surface area contributed by atoms with Gasteiger partial charge in [-0.1, -0.05) is 98.0 Å². The molecule has 2 amide bonds. The van der Waals surface area contributed by atoms with Crippen LogP contribution in [0.4, 0.5) is 5.69 Å². The maximum Gasteiger partial charge on any atom is 0.297 e. The van der Waals surface area contributed by atoms with Crippen LogP contribution >= 0.6 is 0 Å². The number of aromatic nitrogens is 1. The second kappa shape index (κ2) is 15.9. The van der Waals surface area contributed by atoms with Crippen molar-refractivity contribution in [1.82, 2.24) is 9.47 Å². The van der Waals surface area contributed by atoms with Crippen LogP contribution in [0.5, 0.6) is 11.5 Å². The number of methoxy groups -OCH3 is 2. The minimum absolute atomic E-state index is 0.0662. The number of hydrogen-bond acceptors (Lipinski definition) is 7. The lowest BCUT2D eigenvalue weighted by molar-refractivity contribution is -0.150. The van der Waals surface area contributed by atoms with Crippen molar-refractivity contribution in [3.05, 3.63) is 149 Å². The Morgan fingerprint density at radius 1 is 0.857 bits per heavy atom. The van der Waals surface area contributed by atoms with Crippen LogP contribution in [0.25, 0.3) is 5.69 Å². The number of ether oxygens (including phenoxy) is 3. The molecule has 2 aliphatic rings. The lowest BCUT2D eigenvalue weighted by Crippen LogP contribution is -2.52. The van der Waals surface area contributed by atoms with E-state index in [1.54, 1.807) is 35.2 Å². The number of benzene rings is 4. The molecule has 4 aromatic carbocycles. The highest BCUT2D eigenvalue weighted by atomic mass is 28.3. The van der Waals surface area contributed by atoms with Gasteiger partial charge in [-0.2, -0.15) is 0 Å². The van der Waals surface area contributed by atoms with Crippen molar-refractivity contribution in [3.63, 3.8) is 0 Å². The molecule has 0 bridgehead atoms. The lowest BCUT2D eigenvalue weighted by Gasteiger charge is -2.37. The molecule has 4 atom stereocenters.